The van der Waals surface area contributed by atoms with Gasteiger partial charge in [0.25, 0.3) is 0 Å². The van der Waals surface area contributed by atoms with E-state index in [4.69, 9.17) is 9.15 Å². The molecule has 0 saturated heterocycles. The molecule has 0 atom stereocenters. The molecule has 0 fully saturated rings. The lowest BCUT2D eigenvalue weighted by Crippen LogP contribution is -2.14. The molecule has 0 N–H and O–H groups in total. The third-order valence-corrected chi connectivity index (χ3v) is 13.4. The molecule has 12 rings (SSSR count). The molecule has 0 radical (unpaired) electrons. The molecule has 0 saturated carbocycles. The molecule has 4 heteroatoms. The first-order valence-electron chi connectivity index (χ1n) is 22.5. The molecule has 1 aliphatic carbocycles. The van der Waals surface area contributed by atoms with E-state index in [1.165, 1.54) is 55.9 Å². The van der Waals surface area contributed by atoms with Gasteiger partial charge in [0.05, 0.1) is 5.69 Å². The van der Waals surface area contributed by atoms with E-state index in [0.717, 1.165) is 63.5 Å². The fraction of sp³-hybridized carbons (Fsp3) is 0.0820. The topological polar surface area (TPSA) is 28.9 Å². The molecular weight excluding hydrogens is 793 g/mol. The van der Waals surface area contributed by atoms with Gasteiger partial charge in [-0.05, 0) is 128 Å². The van der Waals surface area contributed by atoms with Gasteiger partial charge in [-0.25, -0.2) is 0 Å². The SMILES string of the molecule is CC1(C)c2ccccc2-c2c1ccc(-c1ccc3cc(N(c4cccc(Oc5ccccc5)c4)c4cccc(-c5ccccc5)c4)oc3c1)c2-c1cccc2c1CCN2c1ccccc1. The van der Waals surface area contributed by atoms with Crippen LogP contribution in [0, 0.1) is 0 Å². The van der Waals surface area contributed by atoms with Crippen LogP contribution in [0.2, 0.25) is 0 Å². The summed E-state index contributed by atoms with van der Waals surface area (Å²) in [6.07, 6.45) is 0.966. The predicted octanol–water partition coefficient (Wildman–Crippen LogP) is 16.7. The average molecular weight is 839 g/mol. The van der Waals surface area contributed by atoms with Gasteiger partial charge in [0.15, 0.2) is 0 Å². The highest BCUT2D eigenvalue weighted by Gasteiger charge is 2.38. The summed E-state index contributed by atoms with van der Waals surface area (Å²) in [5.41, 5.74) is 19.0. The van der Waals surface area contributed by atoms with Crippen LogP contribution >= 0.6 is 0 Å². The smallest absolute Gasteiger partial charge is 0.205 e. The van der Waals surface area contributed by atoms with Crippen LogP contribution in [0.5, 0.6) is 11.5 Å². The van der Waals surface area contributed by atoms with E-state index >= 15 is 0 Å². The maximum atomic E-state index is 7.05. The van der Waals surface area contributed by atoms with E-state index in [2.05, 4.69) is 200 Å². The molecule has 65 heavy (non-hydrogen) atoms. The van der Waals surface area contributed by atoms with Crippen LogP contribution in [0.1, 0.15) is 30.5 Å². The molecule has 2 aliphatic rings. The van der Waals surface area contributed by atoms with Crippen molar-refractivity contribution < 1.29 is 9.15 Å². The molecule has 2 heterocycles. The standard InChI is InChI=1S/C61H46N2O2/c1-61(2)54-29-13-12-27-53(54)60-55(61)34-33-50(59(60)52-28-16-30-56-51(52)35-36-62(56)45-20-8-4-9-21-45)43-31-32-44-39-58(65-57(44)38-43)63(46-22-14-19-42(37-46)41-17-6-3-7-18-41)47-23-15-26-49(40-47)64-48-24-10-5-11-25-48/h3-34,37-40H,35-36H2,1-2H3. The Labute approximate surface area is 380 Å². The predicted molar refractivity (Wildman–Crippen MR) is 268 cm³/mol. The van der Waals surface area contributed by atoms with E-state index in [0.29, 0.717) is 5.88 Å². The number of hydrogen-bond donors (Lipinski definition) is 0. The van der Waals surface area contributed by atoms with Crippen molar-refractivity contribution in [2.75, 3.05) is 16.3 Å². The molecule has 10 aromatic rings. The van der Waals surface area contributed by atoms with Crippen molar-refractivity contribution in [3.8, 4) is 56.0 Å². The third kappa shape index (κ3) is 6.69. The average Bonchev–Trinajstić information content (AvgIpc) is 4.05. The number of ether oxygens (including phenoxy) is 1. The summed E-state index contributed by atoms with van der Waals surface area (Å²) >= 11 is 0. The van der Waals surface area contributed by atoms with Crippen molar-refractivity contribution in [2.24, 2.45) is 0 Å². The van der Waals surface area contributed by atoms with Gasteiger partial charge in [-0.15, -0.1) is 0 Å². The van der Waals surface area contributed by atoms with Gasteiger partial charge in [-0.1, -0.05) is 159 Å². The summed E-state index contributed by atoms with van der Waals surface area (Å²) in [7, 11) is 0. The minimum absolute atomic E-state index is 0.141. The van der Waals surface area contributed by atoms with Gasteiger partial charge in [-0.2, -0.15) is 0 Å². The van der Waals surface area contributed by atoms with Gasteiger partial charge in [0, 0.05) is 46.5 Å². The Morgan fingerprint density at radius 1 is 0.492 bits per heavy atom. The molecule has 0 amide bonds. The Morgan fingerprint density at radius 3 is 2.00 bits per heavy atom. The highest BCUT2D eigenvalue weighted by atomic mass is 16.5. The zero-order valence-corrected chi connectivity index (χ0v) is 36.4. The van der Waals surface area contributed by atoms with Crippen LogP contribution in [0.15, 0.2) is 223 Å². The molecule has 312 valence electrons. The Hall–Kier alpha value is -8.08. The van der Waals surface area contributed by atoms with E-state index in [9.17, 15) is 0 Å². The molecule has 0 spiro atoms. The quantitative estimate of drug-likeness (QED) is 0.145. The Kier molecular flexibility index (Phi) is 9.27. The van der Waals surface area contributed by atoms with Gasteiger partial charge in [0.2, 0.25) is 5.88 Å². The summed E-state index contributed by atoms with van der Waals surface area (Å²) < 4.78 is 13.4. The monoisotopic (exact) mass is 838 g/mol. The van der Waals surface area contributed by atoms with Crippen molar-refractivity contribution in [1.29, 1.82) is 0 Å². The van der Waals surface area contributed by atoms with Crippen LogP contribution in [0.4, 0.5) is 28.6 Å². The maximum absolute atomic E-state index is 7.05. The molecule has 1 aliphatic heterocycles. The van der Waals surface area contributed by atoms with E-state index in [1.54, 1.807) is 0 Å². The van der Waals surface area contributed by atoms with Crippen LogP contribution in [-0.4, -0.2) is 6.54 Å². The van der Waals surface area contributed by atoms with Crippen molar-refractivity contribution in [3.63, 3.8) is 0 Å². The van der Waals surface area contributed by atoms with Gasteiger partial charge in [-0.3, -0.25) is 4.90 Å². The van der Waals surface area contributed by atoms with Crippen molar-refractivity contribution >= 4 is 39.6 Å². The number of rotatable bonds is 9. The molecule has 1 aromatic heterocycles. The second kappa shape index (κ2) is 15.6. The third-order valence-electron chi connectivity index (χ3n) is 13.4. The fourth-order valence-corrected chi connectivity index (χ4v) is 10.3. The molecule has 9 aromatic carbocycles. The number of anilines is 5. The first-order chi connectivity index (χ1) is 32.0. The molecule has 4 nitrogen and oxygen atoms in total. The van der Waals surface area contributed by atoms with E-state index in [-0.39, 0.29) is 5.41 Å². The highest BCUT2D eigenvalue weighted by Crippen LogP contribution is 2.56. The summed E-state index contributed by atoms with van der Waals surface area (Å²) in [5.74, 6) is 2.24. The minimum Gasteiger partial charge on any atom is -0.457 e. The van der Waals surface area contributed by atoms with Crippen LogP contribution in [0.3, 0.4) is 0 Å². The summed E-state index contributed by atoms with van der Waals surface area (Å²) in [6.45, 7) is 5.68. The van der Waals surface area contributed by atoms with Crippen LogP contribution in [-0.2, 0) is 11.8 Å². The summed E-state index contributed by atoms with van der Waals surface area (Å²) in [6, 6.07) is 77.6. The lowest BCUT2D eigenvalue weighted by atomic mass is 9.80. The summed E-state index contributed by atoms with van der Waals surface area (Å²) in [5, 5.41) is 1.03. The van der Waals surface area contributed by atoms with Crippen LogP contribution < -0.4 is 14.5 Å². The van der Waals surface area contributed by atoms with E-state index < -0.39 is 0 Å². The Balaban J connectivity index is 1.02. The number of nitrogens with zero attached hydrogens (tertiary/aromatic N) is 2. The molecule has 0 bridgehead atoms. The summed E-state index contributed by atoms with van der Waals surface area (Å²) in [4.78, 5) is 4.66. The van der Waals surface area contributed by atoms with E-state index in [1.807, 2.05) is 42.5 Å². The largest absolute Gasteiger partial charge is 0.457 e. The van der Waals surface area contributed by atoms with Crippen molar-refractivity contribution in [3.05, 3.63) is 235 Å². The number of fused-ring (bicyclic) bond motifs is 5. The molecule has 0 unspecified atom stereocenters. The Morgan fingerprint density at radius 2 is 1.17 bits per heavy atom. The fourth-order valence-electron chi connectivity index (χ4n) is 10.3. The second-order valence-corrected chi connectivity index (χ2v) is 17.6. The van der Waals surface area contributed by atoms with Gasteiger partial charge < -0.3 is 14.1 Å². The lowest BCUT2D eigenvalue weighted by molar-refractivity contribution is 0.483. The van der Waals surface area contributed by atoms with Crippen molar-refractivity contribution in [2.45, 2.75) is 25.7 Å². The highest BCUT2D eigenvalue weighted by molar-refractivity contribution is 6.03. The van der Waals surface area contributed by atoms with Crippen LogP contribution in [0.25, 0.3) is 55.5 Å². The van der Waals surface area contributed by atoms with Crippen molar-refractivity contribution in [1.82, 2.24) is 0 Å². The lowest BCUT2D eigenvalue weighted by Gasteiger charge is -2.24. The second-order valence-electron chi connectivity index (χ2n) is 17.6. The first-order valence-corrected chi connectivity index (χ1v) is 22.5. The number of benzene rings is 9. The number of hydrogen-bond acceptors (Lipinski definition) is 4. The normalized spacial score (nSPS) is 13.4. The number of para-hydroxylation sites is 2. The first kappa shape index (κ1) is 38.6. The zero-order valence-electron chi connectivity index (χ0n) is 36.4. The minimum atomic E-state index is -0.141. The van der Waals surface area contributed by atoms with Gasteiger partial charge >= 0.3 is 0 Å². The zero-order chi connectivity index (χ0) is 43.5. The Bertz CT molecular complexity index is 3390. The van der Waals surface area contributed by atoms with Gasteiger partial charge in [0.1, 0.15) is 17.1 Å². The number of furan rings is 1. The molecular formula is C61H46N2O2. The maximum Gasteiger partial charge on any atom is 0.205 e.